The van der Waals surface area contributed by atoms with E-state index in [1.807, 2.05) is 0 Å². The summed E-state index contributed by atoms with van der Waals surface area (Å²) in [6, 6.07) is 4.34. The Morgan fingerprint density at radius 3 is 2.84 bits per heavy atom. The van der Waals surface area contributed by atoms with E-state index >= 15 is 0 Å². The molecule has 1 aromatic heterocycles. The van der Waals surface area contributed by atoms with Crippen LogP contribution in [0.2, 0.25) is 0 Å². The lowest BCUT2D eigenvalue weighted by atomic mass is 10.2. The van der Waals surface area contributed by atoms with E-state index in [1.54, 1.807) is 31.4 Å². The van der Waals surface area contributed by atoms with Crippen LogP contribution in [0.1, 0.15) is 34.0 Å². The van der Waals surface area contributed by atoms with Crippen LogP contribution in [0.5, 0.6) is 0 Å². The van der Waals surface area contributed by atoms with Gasteiger partial charge in [0.15, 0.2) is 0 Å². The Bertz CT molecular complexity index is 610. The van der Waals surface area contributed by atoms with E-state index in [0.717, 1.165) is 0 Å². The Labute approximate surface area is 114 Å². The molecule has 1 atom stereocenters. The summed E-state index contributed by atoms with van der Waals surface area (Å²) in [7, 11) is 0. The normalized spacial score (nSPS) is 12.2. The van der Waals surface area contributed by atoms with Gasteiger partial charge < -0.3 is 11.1 Å². The number of aromatic nitrogens is 1. The molecule has 0 bridgehead atoms. The number of carbonyl (C=O) groups excluding carboxylic acids is 1. The number of halogens is 1. The monoisotopic (exact) mass is 279 g/mol. The number of amides is 1. The first kappa shape index (κ1) is 13.6. The quantitative estimate of drug-likeness (QED) is 0.907. The highest BCUT2D eigenvalue weighted by molar-refractivity contribution is 7.09. The molecule has 1 unspecified atom stereocenters. The van der Waals surface area contributed by atoms with Gasteiger partial charge in [-0.25, -0.2) is 9.37 Å². The number of nitrogens with zero attached hydrogens (tertiary/aromatic N) is 1. The number of rotatable bonds is 3. The predicted molar refractivity (Wildman–Crippen MR) is 73.8 cm³/mol. The maximum absolute atomic E-state index is 13.4. The minimum atomic E-state index is -0.369. The molecule has 0 fully saturated rings. The van der Waals surface area contributed by atoms with Crippen molar-refractivity contribution < 1.29 is 9.18 Å². The molecule has 0 aliphatic heterocycles. The van der Waals surface area contributed by atoms with Crippen molar-refractivity contribution in [3.63, 3.8) is 0 Å². The van der Waals surface area contributed by atoms with E-state index in [2.05, 4.69) is 10.3 Å². The molecule has 19 heavy (non-hydrogen) atoms. The van der Waals surface area contributed by atoms with Crippen molar-refractivity contribution in [3.05, 3.63) is 45.7 Å². The zero-order valence-corrected chi connectivity index (χ0v) is 11.4. The van der Waals surface area contributed by atoms with Gasteiger partial charge in [0.1, 0.15) is 16.5 Å². The molecular weight excluding hydrogens is 265 g/mol. The third-order valence-corrected chi connectivity index (χ3v) is 3.62. The van der Waals surface area contributed by atoms with Gasteiger partial charge >= 0.3 is 0 Å². The van der Waals surface area contributed by atoms with E-state index < -0.39 is 0 Å². The maximum Gasteiger partial charge on any atom is 0.275 e. The summed E-state index contributed by atoms with van der Waals surface area (Å²) in [4.78, 5) is 16.0. The van der Waals surface area contributed by atoms with Crippen molar-refractivity contribution in [1.82, 2.24) is 4.98 Å². The van der Waals surface area contributed by atoms with E-state index in [4.69, 9.17) is 5.73 Å². The maximum atomic E-state index is 13.4. The fraction of sp³-hybridized carbons (Fsp3) is 0.231. The molecule has 2 aromatic rings. The summed E-state index contributed by atoms with van der Waals surface area (Å²) in [6.07, 6.45) is 0. The number of carbonyl (C=O) groups is 1. The highest BCUT2D eigenvalue weighted by Crippen LogP contribution is 2.18. The fourth-order valence-corrected chi connectivity index (χ4v) is 2.22. The largest absolute Gasteiger partial charge is 0.322 e. The third kappa shape index (κ3) is 3.15. The van der Waals surface area contributed by atoms with Crippen molar-refractivity contribution in [3.8, 4) is 0 Å². The number of anilines is 1. The van der Waals surface area contributed by atoms with E-state index in [0.29, 0.717) is 22.0 Å². The Balaban J connectivity index is 2.13. The van der Waals surface area contributed by atoms with Gasteiger partial charge in [0.05, 0.1) is 6.04 Å². The van der Waals surface area contributed by atoms with Crippen molar-refractivity contribution in [2.45, 2.75) is 19.9 Å². The Hall–Kier alpha value is -1.79. The van der Waals surface area contributed by atoms with Crippen LogP contribution in [0.15, 0.2) is 23.6 Å². The minimum absolute atomic E-state index is 0.205. The number of nitrogens with one attached hydrogen (secondary N) is 1. The molecule has 0 radical (unpaired) electrons. The average Bonchev–Trinajstić information content (AvgIpc) is 2.83. The molecule has 2 rings (SSSR count). The summed E-state index contributed by atoms with van der Waals surface area (Å²) in [5, 5.41) is 4.94. The minimum Gasteiger partial charge on any atom is -0.322 e. The van der Waals surface area contributed by atoms with Crippen LogP contribution in [0.25, 0.3) is 0 Å². The van der Waals surface area contributed by atoms with Gasteiger partial charge in [0.25, 0.3) is 5.91 Å². The molecule has 0 saturated carbocycles. The van der Waals surface area contributed by atoms with Crippen LogP contribution >= 0.6 is 11.3 Å². The molecule has 0 aliphatic carbocycles. The zero-order chi connectivity index (χ0) is 14.0. The Morgan fingerprint density at radius 2 is 2.26 bits per heavy atom. The van der Waals surface area contributed by atoms with Crippen LogP contribution in [-0.2, 0) is 0 Å². The van der Waals surface area contributed by atoms with E-state index in [1.165, 1.54) is 17.4 Å². The second kappa shape index (κ2) is 5.46. The van der Waals surface area contributed by atoms with Gasteiger partial charge in [-0.2, -0.15) is 0 Å². The van der Waals surface area contributed by atoms with Crippen LogP contribution in [0, 0.1) is 12.7 Å². The first-order valence-electron chi connectivity index (χ1n) is 5.76. The van der Waals surface area contributed by atoms with Crippen LogP contribution in [0.4, 0.5) is 10.1 Å². The number of aryl methyl sites for hydroxylation is 1. The second-order valence-electron chi connectivity index (χ2n) is 4.28. The van der Waals surface area contributed by atoms with Crippen molar-refractivity contribution >= 4 is 22.9 Å². The summed E-state index contributed by atoms with van der Waals surface area (Å²) in [5.74, 6) is -0.723. The molecule has 6 heteroatoms. The average molecular weight is 279 g/mol. The van der Waals surface area contributed by atoms with Gasteiger partial charge in [-0.1, -0.05) is 6.07 Å². The first-order chi connectivity index (χ1) is 8.97. The first-order valence-corrected chi connectivity index (χ1v) is 6.64. The van der Waals surface area contributed by atoms with Gasteiger partial charge in [0, 0.05) is 11.1 Å². The lowest BCUT2D eigenvalue weighted by Gasteiger charge is -2.04. The zero-order valence-electron chi connectivity index (χ0n) is 10.6. The second-order valence-corrected chi connectivity index (χ2v) is 5.17. The molecule has 1 heterocycles. The Kier molecular flexibility index (Phi) is 3.92. The smallest absolute Gasteiger partial charge is 0.275 e. The molecular formula is C13H14FN3OS. The van der Waals surface area contributed by atoms with Crippen LogP contribution < -0.4 is 11.1 Å². The summed E-state index contributed by atoms with van der Waals surface area (Å²) < 4.78 is 13.4. The third-order valence-electron chi connectivity index (χ3n) is 2.57. The molecule has 0 aliphatic rings. The Morgan fingerprint density at radius 1 is 1.53 bits per heavy atom. The molecule has 1 amide bonds. The SMILES string of the molecule is Cc1ccc(NC(=O)c2csc(C(C)N)n2)cc1F. The summed E-state index contributed by atoms with van der Waals surface area (Å²) >= 11 is 1.33. The van der Waals surface area contributed by atoms with Crippen molar-refractivity contribution in [2.75, 3.05) is 5.32 Å². The topological polar surface area (TPSA) is 68.0 Å². The number of hydrogen-bond acceptors (Lipinski definition) is 4. The number of nitrogens with two attached hydrogens (primary N) is 1. The standard InChI is InChI=1S/C13H14FN3OS/c1-7-3-4-9(5-10(7)14)16-12(18)11-6-19-13(17-11)8(2)15/h3-6,8H,15H2,1-2H3,(H,16,18). The highest BCUT2D eigenvalue weighted by atomic mass is 32.1. The van der Waals surface area contributed by atoms with Gasteiger partial charge in [-0.15, -0.1) is 11.3 Å². The molecule has 100 valence electrons. The molecule has 0 saturated heterocycles. The van der Waals surface area contributed by atoms with Gasteiger partial charge in [-0.05, 0) is 31.5 Å². The van der Waals surface area contributed by atoms with E-state index in [-0.39, 0.29) is 17.8 Å². The van der Waals surface area contributed by atoms with Crippen LogP contribution in [-0.4, -0.2) is 10.9 Å². The van der Waals surface area contributed by atoms with Crippen molar-refractivity contribution in [2.24, 2.45) is 5.73 Å². The summed E-state index contributed by atoms with van der Waals surface area (Å²) in [6.45, 7) is 3.46. The predicted octanol–water partition coefficient (Wildman–Crippen LogP) is 2.86. The van der Waals surface area contributed by atoms with Crippen LogP contribution in [0.3, 0.4) is 0 Å². The highest BCUT2D eigenvalue weighted by Gasteiger charge is 2.13. The molecule has 0 spiro atoms. The number of thiazole rings is 1. The summed E-state index contributed by atoms with van der Waals surface area (Å²) in [5.41, 5.74) is 6.91. The van der Waals surface area contributed by atoms with Gasteiger partial charge in [-0.3, -0.25) is 4.79 Å². The lowest BCUT2D eigenvalue weighted by molar-refractivity contribution is 0.102. The van der Waals surface area contributed by atoms with Gasteiger partial charge in [0.2, 0.25) is 0 Å². The molecule has 3 N–H and O–H groups in total. The molecule has 1 aromatic carbocycles. The van der Waals surface area contributed by atoms with E-state index in [9.17, 15) is 9.18 Å². The number of hydrogen-bond donors (Lipinski definition) is 2. The number of benzene rings is 1. The molecule has 4 nitrogen and oxygen atoms in total. The fourth-order valence-electron chi connectivity index (χ4n) is 1.47. The van der Waals surface area contributed by atoms with Crippen molar-refractivity contribution in [1.29, 1.82) is 0 Å². The lowest BCUT2D eigenvalue weighted by Crippen LogP contribution is -2.13.